The minimum Gasteiger partial charge on any atom is -0.490 e. The van der Waals surface area contributed by atoms with E-state index in [2.05, 4.69) is 34.2 Å². The van der Waals surface area contributed by atoms with Crippen LogP contribution >= 0.6 is 34.2 Å². The van der Waals surface area contributed by atoms with E-state index >= 15 is 0 Å². The summed E-state index contributed by atoms with van der Waals surface area (Å²) >= 11 is 8.08. The van der Waals surface area contributed by atoms with Crippen LogP contribution in [0.5, 0.6) is 11.5 Å². The summed E-state index contributed by atoms with van der Waals surface area (Å²) in [7, 11) is 0. The molecule has 0 atom stereocenters. The predicted molar refractivity (Wildman–Crippen MR) is 123 cm³/mol. The maximum Gasteiger partial charge on any atom is 0.363 e. The highest BCUT2D eigenvalue weighted by Crippen LogP contribution is 2.35. The quantitative estimate of drug-likeness (QED) is 0.204. The molecule has 0 bridgehead atoms. The van der Waals surface area contributed by atoms with Crippen molar-refractivity contribution in [3.63, 3.8) is 0 Å². The molecule has 1 aliphatic rings. The van der Waals surface area contributed by atoms with Crippen molar-refractivity contribution in [1.29, 1.82) is 0 Å². The summed E-state index contributed by atoms with van der Waals surface area (Å²) in [5.74, 6) is 0.988. The first-order chi connectivity index (χ1) is 13.9. The summed E-state index contributed by atoms with van der Waals surface area (Å²) in [6.07, 6.45) is 1.67. The van der Waals surface area contributed by atoms with E-state index in [1.54, 1.807) is 30.3 Å². The molecule has 0 spiro atoms. The van der Waals surface area contributed by atoms with Gasteiger partial charge in [0.05, 0.1) is 10.2 Å². The molecule has 7 heteroatoms. The van der Waals surface area contributed by atoms with E-state index in [1.807, 2.05) is 26.0 Å². The number of hydrogen-bond acceptors (Lipinski definition) is 5. The molecule has 0 unspecified atom stereocenters. The van der Waals surface area contributed by atoms with Gasteiger partial charge in [-0.05, 0) is 90.0 Å². The molecule has 0 aromatic heterocycles. The van der Waals surface area contributed by atoms with Crippen LogP contribution < -0.4 is 9.47 Å². The first-order valence-corrected chi connectivity index (χ1v) is 10.3. The standard InChI is InChI=1S/C22H19ClINO4/c1-4-27-19-11-14(9-17(24)20(19)28-12-13(2)3)10-18-22(26)29-21(25-18)15-5-7-16(23)8-6-15/h5-11H,2,4,12H2,1,3H3/b18-10-. The topological polar surface area (TPSA) is 57.1 Å². The number of ether oxygens (including phenoxy) is 3. The van der Waals surface area contributed by atoms with Gasteiger partial charge in [0.15, 0.2) is 17.2 Å². The van der Waals surface area contributed by atoms with E-state index < -0.39 is 5.97 Å². The number of hydrogen-bond donors (Lipinski definition) is 0. The van der Waals surface area contributed by atoms with Gasteiger partial charge in [-0.2, -0.15) is 0 Å². The Morgan fingerprint density at radius 1 is 1.28 bits per heavy atom. The average molecular weight is 524 g/mol. The molecule has 0 N–H and O–H groups in total. The number of esters is 1. The number of rotatable bonds is 7. The van der Waals surface area contributed by atoms with Gasteiger partial charge in [0.2, 0.25) is 5.90 Å². The summed E-state index contributed by atoms with van der Waals surface area (Å²) in [6, 6.07) is 10.6. The minimum absolute atomic E-state index is 0.212. The van der Waals surface area contributed by atoms with Crippen LogP contribution in [0.4, 0.5) is 0 Å². The number of carbonyl (C=O) groups is 1. The fourth-order valence-corrected chi connectivity index (χ4v) is 3.46. The van der Waals surface area contributed by atoms with E-state index in [0.29, 0.717) is 35.3 Å². The second kappa shape index (κ2) is 9.45. The molecular weight excluding hydrogens is 505 g/mol. The van der Waals surface area contributed by atoms with Gasteiger partial charge in [-0.25, -0.2) is 9.79 Å². The largest absolute Gasteiger partial charge is 0.490 e. The van der Waals surface area contributed by atoms with Gasteiger partial charge in [0, 0.05) is 10.6 Å². The molecule has 0 aliphatic carbocycles. The van der Waals surface area contributed by atoms with E-state index in [0.717, 1.165) is 14.7 Å². The Labute approximate surface area is 188 Å². The van der Waals surface area contributed by atoms with Gasteiger partial charge in [-0.3, -0.25) is 0 Å². The summed E-state index contributed by atoms with van der Waals surface area (Å²) < 4.78 is 17.7. The second-order valence-corrected chi connectivity index (χ2v) is 7.95. The zero-order chi connectivity index (χ0) is 21.0. The molecule has 29 heavy (non-hydrogen) atoms. The third-order valence-electron chi connectivity index (χ3n) is 3.81. The molecule has 0 saturated heterocycles. The third kappa shape index (κ3) is 5.39. The first kappa shape index (κ1) is 21.4. The Morgan fingerprint density at radius 3 is 2.66 bits per heavy atom. The van der Waals surface area contributed by atoms with Crippen molar-refractivity contribution >= 4 is 52.1 Å². The summed E-state index contributed by atoms with van der Waals surface area (Å²) in [4.78, 5) is 16.6. The molecule has 3 rings (SSSR count). The molecule has 1 aliphatic heterocycles. The smallest absolute Gasteiger partial charge is 0.363 e. The highest BCUT2D eigenvalue weighted by atomic mass is 127. The number of halogens is 2. The monoisotopic (exact) mass is 523 g/mol. The Bertz CT molecular complexity index is 1010. The normalized spacial score (nSPS) is 14.6. The van der Waals surface area contributed by atoms with Crippen molar-refractivity contribution in [2.24, 2.45) is 4.99 Å². The average Bonchev–Trinajstić information content (AvgIpc) is 3.02. The first-order valence-electron chi connectivity index (χ1n) is 8.89. The maximum absolute atomic E-state index is 12.3. The van der Waals surface area contributed by atoms with Crippen molar-refractivity contribution in [3.8, 4) is 11.5 Å². The summed E-state index contributed by atoms with van der Waals surface area (Å²) in [5.41, 5.74) is 2.56. The second-order valence-electron chi connectivity index (χ2n) is 6.35. The van der Waals surface area contributed by atoms with Gasteiger partial charge in [-0.1, -0.05) is 18.2 Å². The van der Waals surface area contributed by atoms with Crippen molar-refractivity contribution in [2.75, 3.05) is 13.2 Å². The van der Waals surface area contributed by atoms with Gasteiger partial charge in [-0.15, -0.1) is 0 Å². The highest BCUT2D eigenvalue weighted by molar-refractivity contribution is 14.1. The molecule has 0 radical (unpaired) electrons. The lowest BCUT2D eigenvalue weighted by Crippen LogP contribution is -2.05. The molecule has 0 amide bonds. The molecule has 150 valence electrons. The molecular formula is C22H19ClINO4. The zero-order valence-corrected chi connectivity index (χ0v) is 18.9. The maximum atomic E-state index is 12.3. The van der Waals surface area contributed by atoms with Crippen LogP contribution in [0.2, 0.25) is 5.02 Å². The van der Waals surface area contributed by atoms with E-state index in [9.17, 15) is 4.79 Å². The molecule has 0 saturated carbocycles. The Balaban J connectivity index is 1.93. The van der Waals surface area contributed by atoms with Crippen molar-refractivity contribution in [1.82, 2.24) is 0 Å². The number of nitrogens with zero attached hydrogens (tertiary/aromatic N) is 1. The number of cyclic esters (lactones) is 1. The van der Waals surface area contributed by atoms with Crippen LogP contribution in [0, 0.1) is 3.57 Å². The number of benzene rings is 2. The van der Waals surface area contributed by atoms with Crippen LogP contribution in [0.15, 0.2) is 59.2 Å². The van der Waals surface area contributed by atoms with Gasteiger partial charge < -0.3 is 14.2 Å². The zero-order valence-electron chi connectivity index (χ0n) is 16.0. The SMILES string of the molecule is C=C(C)COc1c(I)cc(/C=C2\N=C(c3ccc(Cl)cc3)OC2=O)cc1OCC. The van der Waals surface area contributed by atoms with Crippen LogP contribution in [0.25, 0.3) is 6.08 Å². The Hall–Kier alpha value is -2.32. The Kier molecular flexibility index (Phi) is 6.97. The van der Waals surface area contributed by atoms with Gasteiger partial charge >= 0.3 is 5.97 Å². The third-order valence-corrected chi connectivity index (χ3v) is 4.86. The predicted octanol–water partition coefficient (Wildman–Crippen LogP) is 5.64. The lowest BCUT2D eigenvalue weighted by molar-refractivity contribution is -0.129. The van der Waals surface area contributed by atoms with Gasteiger partial charge in [0.25, 0.3) is 0 Å². The van der Waals surface area contributed by atoms with E-state index in [4.69, 9.17) is 25.8 Å². The van der Waals surface area contributed by atoms with Crippen LogP contribution in [0.1, 0.15) is 25.0 Å². The molecule has 5 nitrogen and oxygen atoms in total. The van der Waals surface area contributed by atoms with Crippen molar-refractivity contribution in [3.05, 3.63) is 74.0 Å². The van der Waals surface area contributed by atoms with Crippen LogP contribution in [0.3, 0.4) is 0 Å². The van der Waals surface area contributed by atoms with Crippen molar-refractivity contribution < 1.29 is 19.0 Å². The van der Waals surface area contributed by atoms with E-state index in [1.165, 1.54) is 0 Å². The molecule has 1 heterocycles. The fourth-order valence-electron chi connectivity index (χ4n) is 2.55. The van der Waals surface area contributed by atoms with Crippen molar-refractivity contribution in [2.45, 2.75) is 13.8 Å². The molecule has 0 fully saturated rings. The number of aliphatic imine (C=N–C) groups is 1. The fraction of sp³-hybridized carbons (Fsp3) is 0.182. The van der Waals surface area contributed by atoms with E-state index in [-0.39, 0.29) is 11.6 Å². The number of carbonyl (C=O) groups excluding carboxylic acids is 1. The van der Waals surface area contributed by atoms with Crippen LogP contribution in [-0.2, 0) is 9.53 Å². The lowest BCUT2D eigenvalue weighted by atomic mass is 10.1. The van der Waals surface area contributed by atoms with Gasteiger partial charge in [0.1, 0.15) is 6.61 Å². The lowest BCUT2D eigenvalue weighted by Gasteiger charge is -2.14. The summed E-state index contributed by atoms with van der Waals surface area (Å²) in [6.45, 7) is 8.54. The van der Waals surface area contributed by atoms with Crippen LogP contribution in [-0.4, -0.2) is 25.1 Å². The minimum atomic E-state index is -0.509. The summed E-state index contributed by atoms with van der Waals surface area (Å²) in [5, 5.41) is 0.599. The molecule has 2 aromatic rings. The Morgan fingerprint density at radius 2 is 2.00 bits per heavy atom. The molecule has 2 aromatic carbocycles. The highest BCUT2D eigenvalue weighted by Gasteiger charge is 2.24.